The Balaban J connectivity index is 1.45. The topological polar surface area (TPSA) is 92.2 Å². The number of hydrogen-bond donors (Lipinski definition) is 3. The van der Waals surface area contributed by atoms with Gasteiger partial charge in [0, 0.05) is 36.0 Å². The molecule has 0 aromatic heterocycles. The number of aryl methyl sites for hydroxylation is 1. The number of aliphatic imine (C=N–C) groups is 1. The average Bonchev–Trinajstić information content (AvgIpc) is 3.29. The maximum Gasteiger partial charge on any atom is 0.266 e. The molecule has 0 bridgehead atoms. The van der Waals surface area contributed by atoms with E-state index in [0.29, 0.717) is 37.6 Å². The lowest BCUT2D eigenvalue weighted by Gasteiger charge is -2.28. The third-order valence-electron chi connectivity index (χ3n) is 6.81. The molecule has 0 fully saturated rings. The van der Waals surface area contributed by atoms with Gasteiger partial charge in [0.1, 0.15) is 11.9 Å². The maximum atomic E-state index is 13.7. The smallest absolute Gasteiger partial charge is 0.266 e. The second kappa shape index (κ2) is 14.3. The van der Waals surface area contributed by atoms with E-state index in [-0.39, 0.29) is 12.5 Å². The van der Waals surface area contributed by atoms with Crippen molar-refractivity contribution in [3.8, 4) is 5.75 Å². The molecule has 39 heavy (non-hydrogen) atoms. The molecule has 0 aliphatic carbocycles. The Morgan fingerprint density at radius 3 is 2.51 bits per heavy atom. The van der Waals surface area contributed by atoms with Crippen LogP contribution in [0.1, 0.15) is 42.9 Å². The molecule has 3 aromatic carbocycles. The molecule has 1 aliphatic heterocycles. The fourth-order valence-corrected chi connectivity index (χ4v) is 4.94. The minimum Gasteiger partial charge on any atom is -0.494 e. The Hall–Kier alpha value is -3.20. The normalized spacial score (nSPS) is 18.3. The quantitative estimate of drug-likeness (QED) is 0.181. The van der Waals surface area contributed by atoms with Gasteiger partial charge in [-0.15, -0.1) is 0 Å². The molecule has 8 heteroatoms. The standard InChI is InChI=1S/C31H36BrN3O4/c1-23-31(22-26-13-5-6-14-28(26)32,30(37)35-33-19-8-7-12-24-10-3-2-4-11-24)34-29(39-23)25-15-17-27(18-16-25)38-21-9-20-36/h2-6,10-11,13-18,23,33,36H,7-9,12,19-22H2,1H3,(H,35,37)/t23-,31-/m0/s1. The molecule has 3 aromatic rings. The van der Waals surface area contributed by atoms with Gasteiger partial charge >= 0.3 is 0 Å². The number of hydrazine groups is 1. The van der Waals surface area contributed by atoms with Gasteiger partial charge in [0.25, 0.3) is 5.91 Å². The fourth-order valence-electron chi connectivity index (χ4n) is 4.51. The van der Waals surface area contributed by atoms with Crippen LogP contribution in [-0.4, -0.2) is 48.3 Å². The first-order valence-electron chi connectivity index (χ1n) is 13.4. The van der Waals surface area contributed by atoms with Crippen molar-refractivity contribution >= 4 is 27.7 Å². The summed E-state index contributed by atoms with van der Waals surface area (Å²) in [4.78, 5) is 18.6. The summed E-state index contributed by atoms with van der Waals surface area (Å²) in [6.45, 7) is 3.08. The highest BCUT2D eigenvalue weighted by Crippen LogP contribution is 2.34. The zero-order chi connectivity index (χ0) is 27.5. The van der Waals surface area contributed by atoms with Crippen LogP contribution >= 0.6 is 15.9 Å². The third-order valence-corrected chi connectivity index (χ3v) is 7.58. The fraction of sp³-hybridized carbons (Fsp3) is 0.355. The number of rotatable bonds is 14. The van der Waals surface area contributed by atoms with E-state index < -0.39 is 11.6 Å². The Kier molecular flexibility index (Phi) is 10.5. The summed E-state index contributed by atoms with van der Waals surface area (Å²) < 4.78 is 12.8. The predicted molar refractivity (Wildman–Crippen MR) is 157 cm³/mol. The van der Waals surface area contributed by atoms with Crippen molar-refractivity contribution in [3.05, 3.63) is 100 Å². The molecule has 1 amide bonds. The number of unbranched alkanes of at least 4 members (excludes halogenated alkanes) is 1. The number of nitrogens with one attached hydrogen (secondary N) is 2. The van der Waals surface area contributed by atoms with Gasteiger partial charge < -0.3 is 14.6 Å². The van der Waals surface area contributed by atoms with Crippen LogP contribution in [-0.2, 0) is 22.4 Å². The highest BCUT2D eigenvalue weighted by Gasteiger charge is 2.50. The number of carbonyl (C=O) groups excluding carboxylic acids is 1. The number of ether oxygens (including phenoxy) is 2. The van der Waals surface area contributed by atoms with Crippen molar-refractivity contribution in [2.45, 2.75) is 50.7 Å². The van der Waals surface area contributed by atoms with Gasteiger partial charge in [-0.2, -0.15) is 0 Å². The van der Waals surface area contributed by atoms with Crippen molar-refractivity contribution in [1.29, 1.82) is 0 Å². The van der Waals surface area contributed by atoms with E-state index in [9.17, 15) is 4.79 Å². The zero-order valence-corrected chi connectivity index (χ0v) is 23.8. The lowest BCUT2D eigenvalue weighted by Crippen LogP contribution is -2.56. The molecule has 0 saturated heterocycles. The summed E-state index contributed by atoms with van der Waals surface area (Å²) in [5.74, 6) is 0.898. The first-order valence-corrected chi connectivity index (χ1v) is 14.2. The van der Waals surface area contributed by atoms with E-state index in [1.807, 2.05) is 61.5 Å². The van der Waals surface area contributed by atoms with Gasteiger partial charge in [0.2, 0.25) is 5.90 Å². The summed E-state index contributed by atoms with van der Waals surface area (Å²) >= 11 is 3.62. The second-order valence-corrected chi connectivity index (χ2v) is 10.5. The molecule has 0 radical (unpaired) electrons. The number of carbonyl (C=O) groups is 1. The maximum absolute atomic E-state index is 13.7. The second-order valence-electron chi connectivity index (χ2n) is 9.64. The third kappa shape index (κ3) is 7.68. The number of benzene rings is 3. The summed E-state index contributed by atoms with van der Waals surface area (Å²) in [7, 11) is 0. The van der Waals surface area contributed by atoms with Crippen LogP contribution in [0.2, 0.25) is 0 Å². The van der Waals surface area contributed by atoms with E-state index in [0.717, 1.165) is 34.9 Å². The Morgan fingerprint density at radius 2 is 1.77 bits per heavy atom. The van der Waals surface area contributed by atoms with Gasteiger partial charge in [-0.3, -0.25) is 10.2 Å². The Bertz CT molecular complexity index is 1240. The van der Waals surface area contributed by atoms with Gasteiger partial charge in [-0.05, 0) is 67.6 Å². The van der Waals surface area contributed by atoms with E-state index in [1.165, 1.54) is 5.56 Å². The molecule has 1 aliphatic rings. The summed E-state index contributed by atoms with van der Waals surface area (Å²) in [5.41, 5.74) is 7.94. The number of halogens is 1. The summed E-state index contributed by atoms with van der Waals surface area (Å²) in [6.07, 6.45) is 3.42. The largest absolute Gasteiger partial charge is 0.494 e. The average molecular weight is 595 g/mol. The van der Waals surface area contributed by atoms with Crippen LogP contribution in [0.4, 0.5) is 0 Å². The van der Waals surface area contributed by atoms with E-state index in [2.05, 4.69) is 51.0 Å². The number of hydrogen-bond acceptors (Lipinski definition) is 6. The highest BCUT2D eigenvalue weighted by atomic mass is 79.9. The van der Waals surface area contributed by atoms with Crippen molar-refractivity contribution < 1.29 is 19.4 Å². The number of aliphatic hydroxyl groups excluding tert-OH is 1. The summed E-state index contributed by atoms with van der Waals surface area (Å²) in [5, 5.41) is 8.96. The number of aliphatic hydroxyl groups is 1. The molecule has 0 saturated carbocycles. The van der Waals surface area contributed by atoms with Gasteiger partial charge in [-0.1, -0.05) is 64.5 Å². The Labute approximate surface area is 238 Å². The van der Waals surface area contributed by atoms with Crippen LogP contribution in [0.15, 0.2) is 88.3 Å². The van der Waals surface area contributed by atoms with Crippen molar-refractivity contribution in [2.24, 2.45) is 4.99 Å². The minimum absolute atomic E-state index is 0.0881. The van der Waals surface area contributed by atoms with Crippen molar-refractivity contribution in [3.63, 3.8) is 0 Å². The van der Waals surface area contributed by atoms with Crippen LogP contribution in [0, 0.1) is 0 Å². The molecule has 0 spiro atoms. The molecule has 3 N–H and O–H groups in total. The molecule has 0 unspecified atom stereocenters. The number of amides is 1. The SMILES string of the molecule is C[C@@H]1OC(c2ccc(OCCCO)cc2)=N[C@]1(Cc1ccccc1Br)C(=O)NNCCCCc1ccccc1. The molecular formula is C31H36BrN3O4. The molecule has 7 nitrogen and oxygen atoms in total. The van der Waals surface area contributed by atoms with Crippen LogP contribution in [0.25, 0.3) is 0 Å². The van der Waals surface area contributed by atoms with E-state index >= 15 is 0 Å². The summed E-state index contributed by atoms with van der Waals surface area (Å²) in [6, 6.07) is 25.7. The van der Waals surface area contributed by atoms with Crippen molar-refractivity contribution in [1.82, 2.24) is 10.9 Å². The molecule has 4 rings (SSSR count). The van der Waals surface area contributed by atoms with E-state index in [4.69, 9.17) is 19.6 Å². The first-order chi connectivity index (χ1) is 19.0. The monoisotopic (exact) mass is 593 g/mol. The minimum atomic E-state index is -1.15. The van der Waals surface area contributed by atoms with Gasteiger partial charge in [0.05, 0.1) is 6.61 Å². The number of nitrogens with zero attached hydrogens (tertiary/aromatic N) is 1. The molecule has 2 atom stereocenters. The van der Waals surface area contributed by atoms with E-state index in [1.54, 1.807) is 0 Å². The lowest BCUT2D eigenvalue weighted by atomic mass is 9.86. The van der Waals surface area contributed by atoms with Crippen LogP contribution in [0.3, 0.4) is 0 Å². The van der Waals surface area contributed by atoms with Crippen LogP contribution < -0.4 is 15.6 Å². The molecule has 206 valence electrons. The first kappa shape index (κ1) is 28.8. The predicted octanol–water partition coefficient (Wildman–Crippen LogP) is 5.00. The molecule has 1 heterocycles. The highest BCUT2D eigenvalue weighted by molar-refractivity contribution is 9.10. The van der Waals surface area contributed by atoms with Gasteiger partial charge in [0.15, 0.2) is 5.54 Å². The Morgan fingerprint density at radius 1 is 1.03 bits per heavy atom. The zero-order valence-electron chi connectivity index (χ0n) is 22.2. The lowest BCUT2D eigenvalue weighted by molar-refractivity contribution is -0.129. The molecular weight excluding hydrogens is 558 g/mol. The van der Waals surface area contributed by atoms with Crippen molar-refractivity contribution in [2.75, 3.05) is 19.8 Å². The van der Waals surface area contributed by atoms with Crippen LogP contribution in [0.5, 0.6) is 5.75 Å². The van der Waals surface area contributed by atoms with Gasteiger partial charge in [-0.25, -0.2) is 10.4 Å².